The lowest BCUT2D eigenvalue weighted by Crippen LogP contribution is -2.47. The van der Waals surface area contributed by atoms with Gasteiger partial charge in [0.25, 0.3) is 0 Å². The smallest absolute Gasteiger partial charge is 0.191 e. The molecule has 0 aromatic heterocycles. The lowest BCUT2D eigenvalue weighted by Gasteiger charge is -2.31. The molecule has 0 aromatic rings. The summed E-state index contributed by atoms with van der Waals surface area (Å²) in [5.41, 5.74) is 0.392. The maximum atomic E-state index is 5.61. The molecule has 0 saturated heterocycles. The maximum absolute atomic E-state index is 5.61. The first-order valence-corrected chi connectivity index (χ1v) is 9.84. The van der Waals surface area contributed by atoms with Crippen molar-refractivity contribution in [3.63, 3.8) is 0 Å². The Morgan fingerprint density at radius 2 is 2.00 bits per heavy atom. The highest BCUT2D eigenvalue weighted by Gasteiger charge is 2.33. The zero-order chi connectivity index (χ0) is 17.4. The molecule has 0 spiro atoms. The molecule has 0 aromatic carbocycles. The van der Waals surface area contributed by atoms with E-state index in [0.717, 1.165) is 44.7 Å². The first kappa shape index (κ1) is 19.5. The van der Waals surface area contributed by atoms with Crippen molar-refractivity contribution in [1.82, 2.24) is 15.5 Å². The topological polar surface area (TPSA) is 48.9 Å². The molecule has 2 N–H and O–H groups in total. The molecule has 0 bridgehead atoms. The van der Waals surface area contributed by atoms with Crippen LogP contribution >= 0.6 is 0 Å². The highest BCUT2D eigenvalue weighted by Crippen LogP contribution is 2.40. The van der Waals surface area contributed by atoms with E-state index in [4.69, 9.17) is 4.74 Å². The average molecular weight is 339 g/mol. The first-order chi connectivity index (χ1) is 11.6. The summed E-state index contributed by atoms with van der Waals surface area (Å²) in [6.45, 7) is 8.02. The minimum atomic E-state index is 0.392. The van der Waals surface area contributed by atoms with Crippen molar-refractivity contribution in [3.05, 3.63) is 0 Å². The Kier molecular flexibility index (Phi) is 7.82. The van der Waals surface area contributed by atoms with Crippen LogP contribution in [0.5, 0.6) is 0 Å². The molecule has 2 rings (SSSR count). The van der Waals surface area contributed by atoms with Crippen LogP contribution in [0.25, 0.3) is 0 Å². The fourth-order valence-corrected chi connectivity index (χ4v) is 3.80. The van der Waals surface area contributed by atoms with E-state index in [1.54, 1.807) is 0 Å². The van der Waals surface area contributed by atoms with Gasteiger partial charge in [-0.15, -0.1) is 0 Å². The fraction of sp³-hybridized carbons (Fsp3) is 0.947. The second-order valence-electron chi connectivity index (χ2n) is 7.71. The highest BCUT2D eigenvalue weighted by molar-refractivity contribution is 5.79. The molecule has 24 heavy (non-hydrogen) atoms. The molecule has 0 aliphatic heterocycles. The van der Waals surface area contributed by atoms with Crippen molar-refractivity contribution >= 4 is 5.96 Å². The van der Waals surface area contributed by atoms with Crippen molar-refractivity contribution in [1.29, 1.82) is 0 Å². The monoisotopic (exact) mass is 338 g/mol. The van der Waals surface area contributed by atoms with Crippen LogP contribution in [0.15, 0.2) is 4.99 Å². The Morgan fingerprint density at radius 1 is 1.29 bits per heavy atom. The standard InChI is InChI=1S/C19H38N4O/c1-5-24-13-12-19(10-6-7-11-19)15-22-18(20-3)21-14-16(2)23(4)17-8-9-17/h16-17H,5-15H2,1-4H3,(H2,20,21,22). The van der Waals surface area contributed by atoms with Gasteiger partial charge in [0.05, 0.1) is 0 Å². The van der Waals surface area contributed by atoms with Gasteiger partial charge in [-0.05, 0) is 58.4 Å². The number of guanidine groups is 1. The van der Waals surface area contributed by atoms with Crippen molar-refractivity contribution < 1.29 is 4.74 Å². The van der Waals surface area contributed by atoms with Gasteiger partial charge in [0.2, 0.25) is 0 Å². The molecule has 2 saturated carbocycles. The van der Waals surface area contributed by atoms with Crippen LogP contribution in [-0.2, 0) is 4.74 Å². The third-order valence-corrected chi connectivity index (χ3v) is 5.88. The Labute approximate surface area is 148 Å². The van der Waals surface area contributed by atoms with Crippen LogP contribution in [0.1, 0.15) is 58.8 Å². The lowest BCUT2D eigenvalue weighted by molar-refractivity contribution is 0.105. The molecular weight excluding hydrogens is 300 g/mol. The number of aliphatic imine (C=N–C) groups is 1. The van der Waals surface area contributed by atoms with Crippen LogP contribution in [-0.4, -0.2) is 63.3 Å². The number of nitrogens with zero attached hydrogens (tertiary/aromatic N) is 2. The Balaban J connectivity index is 1.74. The van der Waals surface area contributed by atoms with E-state index in [1.165, 1.54) is 38.5 Å². The summed E-state index contributed by atoms with van der Waals surface area (Å²) in [6, 6.07) is 1.34. The third kappa shape index (κ3) is 5.92. The van der Waals surface area contributed by atoms with Crippen LogP contribution in [0.4, 0.5) is 0 Å². The summed E-state index contributed by atoms with van der Waals surface area (Å²) in [5.74, 6) is 0.939. The van der Waals surface area contributed by atoms with E-state index >= 15 is 0 Å². The molecular formula is C19H38N4O. The number of likely N-dealkylation sites (N-methyl/N-ethyl adjacent to an activating group) is 1. The Hall–Kier alpha value is -0.810. The van der Waals surface area contributed by atoms with Crippen molar-refractivity contribution in [2.45, 2.75) is 70.9 Å². The molecule has 1 atom stereocenters. The molecule has 0 amide bonds. The summed E-state index contributed by atoms with van der Waals surface area (Å²) in [4.78, 5) is 6.90. The summed E-state index contributed by atoms with van der Waals surface area (Å²) in [5, 5.41) is 7.09. The van der Waals surface area contributed by atoms with Gasteiger partial charge < -0.3 is 15.4 Å². The maximum Gasteiger partial charge on any atom is 0.191 e. The lowest BCUT2D eigenvalue weighted by atomic mass is 9.83. The number of hydrogen-bond acceptors (Lipinski definition) is 3. The molecule has 0 heterocycles. The van der Waals surface area contributed by atoms with E-state index < -0.39 is 0 Å². The Morgan fingerprint density at radius 3 is 2.58 bits per heavy atom. The highest BCUT2D eigenvalue weighted by atomic mass is 16.5. The second kappa shape index (κ2) is 9.62. The van der Waals surface area contributed by atoms with Gasteiger partial charge in [0, 0.05) is 45.4 Å². The van der Waals surface area contributed by atoms with E-state index in [2.05, 4.69) is 41.4 Å². The minimum absolute atomic E-state index is 0.392. The van der Waals surface area contributed by atoms with Gasteiger partial charge in [-0.1, -0.05) is 12.8 Å². The number of nitrogens with one attached hydrogen (secondary N) is 2. The van der Waals surface area contributed by atoms with Gasteiger partial charge in [-0.2, -0.15) is 0 Å². The van der Waals surface area contributed by atoms with E-state index in [-0.39, 0.29) is 0 Å². The van der Waals surface area contributed by atoms with Gasteiger partial charge >= 0.3 is 0 Å². The number of ether oxygens (including phenoxy) is 1. The molecule has 0 radical (unpaired) electrons. The van der Waals surface area contributed by atoms with Gasteiger partial charge in [0.15, 0.2) is 5.96 Å². The molecule has 5 heteroatoms. The minimum Gasteiger partial charge on any atom is -0.382 e. The Bertz CT molecular complexity index is 389. The largest absolute Gasteiger partial charge is 0.382 e. The fourth-order valence-electron chi connectivity index (χ4n) is 3.80. The second-order valence-corrected chi connectivity index (χ2v) is 7.71. The zero-order valence-corrected chi connectivity index (χ0v) is 16.2. The summed E-state index contributed by atoms with van der Waals surface area (Å²) < 4.78 is 5.61. The number of hydrogen-bond donors (Lipinski definition) is 2. The van der Waals surface area contributed by atoms with Gasteiger partial charge in [-0.25, -0.2) is 0 Å². The zero-order valence-electron chi connectivity index (χ0n) is 16.2. The predicted octanol–water partition coefficient (Wildman–Crippen LogP) is 2.62. The summed E-state index contributed by atoms with van der Waals surface area (Å²) in [6.07, 6.45) is 9.19. The van der Waals surface area contributed by atoms with Crippen molar-refractivity contribution in [3.8, 4) is 0 Å². The van der Waals surface area contributed by atoms with E-state index in [1.807, 2.05) is 7.05 Å². The van der Waals surface area contributed by atoms with Crippen LogP contribution in [0.2, 0.25) is 0 Å². The molecule has 1 unspecified atom stereocenters. The first-order valence-electron chi connectivity index (χ1n) is 9.84. The summed E-state index contributed by atoms with van der Waals surface area (Å²) >= 11 is 0. The number of rotatable bonds is 10. The normalized spacial score (nSPS) is 22.0. The third-order valence-electron chi connectivity index (χ3n) is 5.88. The molecule has 2 aliphatic carbocycles. The van der Waals surface area contributed by atoms with E-state index in [9.17, 15) is 0 Å². The van der Waals surface area contributed by atoms with Crippen LogP contribution in [0.3, 0.4) is 0 Å². The van der Waals surface area contributed by atoms with Crippen LogP contribution in [0, 0.1) is 5.41 Å². The quantitative estimate of drug-likeness (QED) is 0.365. The average Bonchev–Trinajstić information content (AvgIpc) is 3.34. The van der Waals surface area contributed by atoms with E-state index in [0.29, 0.717) is 11.5 Å². The molecule has 2 fully saturated rings. The van der Waals surface area contributed by atoms with Gasteiger partial charge in [-0.3, -0.25) is 9.89 Å². The molecule has 5 nitrogen and oxygen atoms in total. The van der Waals surface area contributed by atoms with Crippen molar-refractivity contribution in [2.24, 2.45) is 10.4 Å². The SMILES string of the molecule is CCOCCC1(CNC(=NC)NCC(C)N(C)C2CC2)CCCC1. The van der Waals surface area contributed by atoms with Crippen molar-refractivity contribution in [2.75, 3.05) is 40.4 Å². The van der Waals surface area contributed by atoms with Gasteiger partial charge in [0.1, 0.15) is 0 Å². The predicted molar refractivity (Wildman–Crippen MR) is 102 cm³/mol. The summed E-state index contributed by atoms with van der Waals surface area (Å²) in [7, 11) is 4.10. The molecule has 140 valence electrons. The van der Waals surface area contributed by atoms with Crippen LogP contribution < -0.4 is 10.6 Å². The molecule has 2 aliphatic rings.